The number of aryl methyl sites for hydroxylation is 1. The summed E-state index contributed by atoms with van der Waals surface area (Å²) in [4.78, 5) is 10.6. The largest absolute Gasteiger partial charge is 0.478 e. The van der Waals surface area contributed by atoms with Crippen molar-refractivity contribution in [2.45, 2.75) is 11.8 Å². The summed E-state index contributed by atoms with van der Waals surface area (Å²) in [7, 11) is -2.15. The summed E-state index contributed by atoms with van der Waals surface area (Å²) < 4.78 is 31.4. The number of methoxy groups -OCH3 is 1. The average molecular weight is 299 g/mol. The van der Waals surface area contributed by atoms with Crippen LogP contribution in [0.4, 0.5) is 0 Å². The van der Waals surface area contributed by atoms with Gasteiger partial charge in [-0.3, -0.25) is 0 Å². The van der Waals surface area contributed by atoms with E-state index in [0.717, 1.165) is 6.08 Å². The van der Waals surface area contributed by atoms with Crippen molar-refractivity contribution in [1.82, 2.24) is 4.72 Å². The van der Waals surface area contributed by atoms with Crippen LogP contribution in [0.25, 0.3) is 6.08 Å². The van der Waals surface area contributed by atoms with Crippen molar-refractivity contribution in [3.8, 4) is 0 Å². The molecular formula is C13H17NO5S. The highest BCUT2D eigenvalue weighted by atomic mass is 32.2. The van der Waals surface area contributed by atoms with Gasteiger partial charge in [0.1, 0.15) is 0 Å². The predicted molar refractivity (Wildman–Crippen MR) is 74.9 cm³/mol. The molecule has 0 unspecified atom stereocenters. The van der Waals surface area contributed by atoms with Crippen molar-refractivity contribution in [3.63, 3.8) is 0 Å². The summed E-state index contributed by atoms with van der Waals surface area (Å²) in [5, 5.41) is 8.57. The fraction of sp³-hybridized carbons (Fsp3) is 0.308. The lowest BCUT2D eigenvalue weighted by Gasteiger charge is -2.09. The van der Waals surface area contributed by atoms with Gasteiger partial charge < -0.3 is 9.84 Å². The molecule has 0 amide bonds. The number of carbonyl (C=O) groups is 1. The molecule has 0 saturated heterocycles. The lowest BCUT2D eigenvalue weighted by atomic mass is 10.1. The van der Waals surface area contributed by atoms with E-state index in [0.29, 0.717) is 11.1 Å². The summed E-state index contributed by atoms with van der Waals surface area (Å²) >= 11 is 0. The Labute approximate surface area is 118 Å². The quantitative estimate of drug-likeness (QED) is 0.579. The highest BCUT2D eigenvalue weighted by molar-refractivity contribution is 7.89. The number of hydrogen-bond acceptors (Lipinski definition) is 4. The van der Waals surface area contributed by atoms with Crippen molar-refractivity contribution in [2.75, 3.05) is 20.3 Å². The van der Waals surface area contributed by atoms with E-state index >= 15 is 0 Å². The number of benzene rings is 1. The minimum Gasteiger partial charge on any atom is -0.478 e. The normalized spacial score (nSPS) is 11.9. The molecule has 0 bridgehead atoms. The Bertz CT molecular complexity index is 607. The van der Waals surface area contributed by atoms with Crippen LogP contribution in [0, 0.1) is 6.92 Å². The molecule has 6 nitrogen and oxygen atoms in total. The van der Waals surface area contributed by atoms with Crippen molar-refractivity contribution in [2.24, 2.45) is 0 Å². The molecule has 1 aromatic rings. The molecule has 0 fully saturated rings. The van der Waals surface area contributed by atoms with Gasteiger partial charge in [0.05, 0.1) is 11.5 Å². The topological polar surface area (TPSA) is 92.7 Å². The fourth-order valence-corrected chi connectivity index (χ4v) is 2.82. The number of rotatable bonds is 7. The highest BCUT2D eigenvalue weighted by Crippen LogP contribution is 2.17. The van der Waals surface area contributed by atoms with Crippen LogP contribution in [0.15, 0.2) is 29.2 Å². The third-order valence-corrected chi connectivity index (χ3v) is 4.12. The second-order valence-electron chi connectivity index (χ2n) is 4.09. The second kappa shape index (κ2) is 7.18. The molecule has 20 heavy (non-hydrogen) atoms. The van der Waals surface area contributed by atoms with Crippen molar-refractivity contribution in [3.05, 3.63) is 35.4 Å². The molecule has 0 saturated carbocycles. The standard InChI is InChI=1S/C13H17NO5S/c1-10-3-4-11(5-6-13(15)16)9-12(10)20(17,18)14-7-8-19-2/h3-6,9,14H,7-8H2,1-2H3,(H,15,16). The third-order valence-electron chi connectivity index (χ3n) is 2.52. The first-order chi connectivity index (χ1) is 9.36. The van der Waals surface area contributed by atoms with Crippen LogP contribution in [-0.2, 0) is 19.6 Å². The number of nitrogens with one attached hydrogen (secondary N) is 1. The molecule has 0 aliphatic heterocycles. The first-order valence-electron chi connectivity index (χ1n) is 5.87. The summed E-state index contributed by atoms with van der Waals surface area (Å²) in [6.07, 6.45) is 2.30. The van der Waals surface area contributed by atoms with Crippen LogP contribution in [0.5, 0.6) is 0 Å². The average Bonchev–Trinajstić information content (AvgIpc) is 2.37. The molecule has 0 radical (unpaired) electrons. The summed E-state index contributed by atoms with van der Waals surface area (Å²) in [5.74, 6) is -1.09. The summed E-state index contributed by atoms with van der Waals surface area (Å²) in [6.45, 7) is 2.12. The van der Waals surface area contributed by atoms with E-state index in [4.69, 9.17) is 9.84 Å². The number of ether oxygens (including phenoxy) is 1. The van der Waals surface area contributed by atoms with Gasteiger partial charge in [-0.15, -0.1) is 0 Å². The van der Waals surface area contributed by atoms with E-state index in [1.165, 1.54) is 19.3 Å². The smallest absolute Gasteiger partial charge is 0.328 e. The molecule has 0 spiro atoms. The van der Waals surface area contributed by atoms with Gasteiger partial charge in [-0.05, 0) is 30.2 Å². The van der Waals surface area contributed by atoms with Crippen LogP contribution in [0.3, 0.4) is 0 Å². The van der Waals surface area contributed by atoms with E-state index in [1.54, 1.807) is 19.1 Å². The Kier molecular flexibility index (Phi) is 5.87. The molecular weight excluding hydrogens is 282 g/mol. The lowest BCUT2D eigenvalue weighted by molar-refractivity contribution is -0.131. The SMILES string of the molecule is COCCNS(=O)(=O)c1cc(C=CC(=O)O)ccc1C. The monoisotopic (exact) mass is 299 g/mol. The van der Waals surface area contributed by atoms with Gasteiger partial charge in [0.2, 0.25) is 10.0 Å². The summed E-state index contributed by atoms with van der Waals surface area (Å²) in [5.41, 5.74) is 1.09. The van der Waals surface area contributed by atoms with Crippen LogP contribution in [0.2, 0.25) is 0 Å². The molecule has 0 atom stereocenters. The Balaban J connectivity index is 3.04. The van der Waals surface area contributed by atoms with Gasteiger partial charge in [0, 0.05) is 19.7 Å². The maximum absolute atomic E-state index is 12.1. The Morgan fingerprint density at radius 1 is 1.45 bits per heavy atom. The van der Waals surface area contributed by atoms with E-state index in [2.05, 4.69) is 4.72 Å². The Morgan fingerprint density at radius 2 is 2.15 bits per heavy atom. The van der Waals surface area contributed by atoms with Gasteiger partial charge >= 0.3 is 5.97 Å². The minimum atomic E-state index is -3.64. The van der Waals surface area contributed by atoms with Gasteiger partial charge in [-0.25, -0.2) is 17.9 Å². The zero-order chi connectivity index (χ0) is 15.2. The van der Waals surface area contributed by atoms with E-state index < -0.39 is 16.0 Å². The zero-order valence-corrected chi connectivity index (χ0v) is 12.1. The number of sulfonamides is 1. The molecule has 0 aliphatic rings. The first kappa shape index (κ1) is 16.4. The second-order valence-corrected chi connectivity index (χ2v) is 5.82. The third kappa shape index (κ3) is 4.76. The number of hydrogen-bond donors (Lipinski definition) is 2. The predicted octanol–water partition coefficient (Wildman–Crippen LogP) is 1.02. The molecule has 110 valence electrons. The molecule has 1 rings (SSSR count). The first-order valence-corrected chi connectivity index (χ1v) is 7.35. The van der Waals surface area contributed by atoms with Gasteiger partial charge in [0.15, 0.2) is 0 Å². The Morgan fingerprint density at radius 3 is 2.75 bits per heavy atom. The van der Waals surface area contributed by atoms with E-state index in [-0.39, 0.29) is 18.0 Å². The maximum Gasteiger partial charge on any atom is 0.328 e. The molecule has 1 aromatic carbocycles. The van der Waals surface area contributed by atoms with Crippen LogP contribution in [-0.4, -0.2) is 39.8 Å². The van der Waals surface area contributed by atoms with Gasteiger partial charge in [-0.1, -0.05) is 12.1 Å². The number of carboxylic acid groups (broad SMARTS) is 1. The van der Waals surface area contributed by atoms with Gasteiger partial charge in [-0.2, -0.15) is 0 Å². The van der Waals surface area contributed by atoms with Crippen molar-refractivity contribution >= 4 is 22.1 Å². The highest BCUT2D eigenvalue weighted by Gasteiger charge is 2.16. The van der Waals surface area contributed by atoms with Crippen molar-refractivity contribution in [1.29, 1.82) is 0 Å². The van der Waals surface area contributed by atoms with E-state index in [9.17, 15) is 13.2 Å². The number of carboxylic acids is 1. The zero-order valence-electron chi connectivity index (χ0n) is 11.3. The summed E-state index contributed by atoms with van der Waals surface area (Å²) in [6, 6.07) is 4.72. The molecule has 2 N–H and O–H groups in total. The van der Waals surface area contributed by atoms with Crippen LogP contribution < -0.4 is 4.72 Å². The molecule has 7 heteroatoms. The Hall–Kier alpha value is -1.70. The van der Waals surface area contributed by atoms with Crippen molar-refractivity contribution < 1.29 is 23.1 Å². The minimum absolute atomic E-state index is 0.126. The molecule has 0 aliphatic carbocycles. The lowest BCUT2D eigenvalue weighted by Crippen LogP contribution is -2.27. The van der Waals surface area contributed by atoms with Gasteiger partial charge in [0.25, 0.3) is 0 Å². The molecule has 0 aromatic heterocycles. The molecule has 0 heterocycles. The maximum atomic E-state index is 12.1. The number of aliphatic carboxylic acids is 1. The van der Waals surface area contributed by atoms with Crippen LogP contribution in [0.1, 0.15) is 11.1 Å². The van der Waals surface area contributed by atoms with E-state index in [1.807, 2.05) is 0 Å². The van der Waals surface area contributed by atoms with Crippen LogP contribution >= 0.6 is 0 Å². The fourth-order valence-electron chi connectivity index (χ4n) is 1.53.